The predicted molar refractivity (Wildman–Crippen MR) is 55.8 cm³/mol. The fourth-order valence-corrected chi connectivity index (χ4v) is 2.16. The van der Waals surface area contributed by atoms with Gasteiger partial charge in [-0.3, -0.25) is 4.79 Å². The monoisotopic (exact) mass is 263 g/mol. The van der Waals surface area contributed by atoms with E-state index in [4.69, 9.17) is 11.6 Å². The number of hydrogen-bond acceptors (Lipinski definition) is 2. The van der Waals surface area contributed by atoms with Gasteiger partial charge in [0.05, 0.1) is 11.0 Å². The van der Waals surface area contributed by atoms with Gasteiger partial charge in [-0.15, -0.1) is 0 Å². The third-order valence-corrected chi connectivity index (χ3v) is 3.41. The van der Waals surface area contributed by atoms with Gasteiger partial charge in [-0.1, -0.05) is 11.6 Å². The molecule has 2 nitrogen and oxygen atoms in total. The number of ketones is 1. The summed E-state index contributed by atoms with van der Waals surface area (Å²) in [5.41, 5.74) is -1.52. The molecule has 1 heterocycles. The minimum atomic E-state index is -4.47. The summed E-state index contributed by atoms with van der Waals surface area (Å²) in [6.45, 7) is 1.36. The molecule has 0 amide bonds. The summed E-state index contributed by atoms with van der Waals surface area (Å²) in [6.07, 6.45) is -2.72. The Morgan fingerprint density at radius 2 is 2.06 bits per heavy atom. The second kappa shape index (κ2) is 3.70. The summed E-state index contributed by atoms with van der Waals surface area (Å²) in [6, 6.07) is 0.934. The summed E-state index contributed by atoms with van der Waals surface area (Å²) < 4.78 is 37.6. The maximum absolute atomic E-state index is 12.5. The van der Waals surface area contributed by atoms with Crippen molar-refractivity contribution in [3.63, 3.8) is 0 Å². The van der Waals surface area contributed by atoms with Gasteiger partial charge in [0.25, 0.3) is 0 Å². The largest absolute Gasteiger partial charge is 0.417 e. The molecule has 6 heteroatoms. The molecule has 1 aliphatic rings. The number of pyridine rings is 1. The maximum Gasteiger partial charge on any atom is 0.417 e. The average Bonchev–Trinajstić information content (AvgIpc) is 2.97. The van der Waals surface area contributed by atoms with E-state index in [1.807, 2.05) is 0 Å². The zero-order valence-corrected chi connectivity index (χ0v) is 9.69. The first-order valence-corrected chi connectivity index (χ1v) is 5.39. The number of hydrogen-bond donors (Lipinski definition) is 0. The third-order valence-electron chi connectivity index (χ3n) is 3.11. The lowest BCUT2D eigenvalue weighted by Crippen LogP contribution is -2.19. The van der Waals surface area contributed by atoms with Crippen molar-refractivity contribution in [2.75, 3.05) is 0 Å². The van der Waals surface area contributed by atoms with Crippen LogP contribution in [0.25, 0.3) is 0 Å². The molecule has 0 aliphatic heterocycles. The molecule has 1 aliphatic carbocycles. The summed E-state index contributed by atoms with van der Waals surface area (Å²) >= 11 is 5.78. The number of nitrogens with zero attached hydrogens (tertiary/aromatic N) is 1. The Labute approximate surface area is 101 Å². The molecule has 0 atom stereocenters. The van der Waals surface area contributed by atoms with E-state index in [9.17, 15) is 18.0 Å². The molecule has 1 aromatic rings. The lowest BCUT2D eigenvalue weighted by molar-refractivity contribution is -0.138. The number of Topliss-reactive ketones (excluding diaryl/α,β-unsaturated/α-hetero) is 1. The van der Waals surface area contributed by atoms with Crippen molar-refractivity contribution in [1.29, 1.82) is 0 Å². The standard InChI is InChI=1S/C11H9ClF3NO/c1-6(17)10(2-3-10)8-4-7(11(13,14)15)5-16-9(8)12/h4-5H,2-3H2,1H3. The van der Waals surface area contributed by atoms with Crippen LogP contribution in [0, 0.1) is 0 Å². The normalized spacial score (nSPS) is 17.9. The Kier molecular flexibility index (Phi) is 2.69. The van der Waals surface area contributed by atoms with Gasteiger partial charge in [0.1, 0.15) is 10.9 Å². The number of alkyl halides is 3. The Balaban J connectivity index is 2.51. The first-order valence-electron chi connectivity index (χ1n) is 5.01. The zero-order chi connectivity index (χ0) is 12.8. The molecule has 1 aromatic heterocycles. The van der Waals surface area contributed by atoms with Gasteiger partial charge in [-0.2, -0.15) is 13.2 Å². The Morgan fingerprint density at radius 1 is 1.47 bits per heavy atom. The number of halogens is 4. The van der Waals surface area contributed by atoms with Gasteiger partial charge >= 0.3 is 6.18 Å². The molecule has 0 unspecified atom stereocenters. The molecule has 1 saturated carbocycles. The fraction of sp³-hybridized carbons (Fsp3) is 0.455. The predicted octanol–water partition coefficient (Wildman–Crippen LogP) is 3.37. The van der Waals surface area contributed by atoms with Crippen molar-refractivity contribution in [1.82, 2.24) is 4.98 Å². The molecule has 0 bridgehead atoms. The van der Waals surface area contributed by atoms with Gasteiger partial charge in [-0.25, -0.2) is 4.98 Å². The highest BCUT2D eigenvalue weighted by atomic mass is 35.5. The van der Waals surface area contributed by atoms with Crippen LogP contribution in [0.1, 0.15) is 30.9 Å². The molecule has 1 fully saturated rings. The third kappa shape index (κ3) is 2.04. The lowest BCUT2D eigenvalue weighted by Gasteiger charge is -2.15. The van der Waals surface area contributed by atoms with E-state index in [-0.39, 0.29) is 16.5 Å². The first-order chi connectivity index (χ1) is 7.77. The van der Waals surface area contributed by atoms with E-state index in [0.29, 0.717) is 19.0 Å². The van der Waals surface area contributed by atoms with Gasteiger partial charge < -0.3 is 0 Å². The second-order valence-electron chi connectivity index (χ2n) is 4.20. The Morgan fingerprint density at radius 3 is 2.47 bits per heavy atom. The van der Waals surface area contributed by atoms with Crippen LogP contribution >= 0.6 is 11.6 Å². The summed E-state index contributed by atoms with van der Waals surface area (Å²) in [7, 11) is 0. The van der Waals surface area contributed by atoms with Gasteiger partial charge in [-0.05, 0) is 25.8 Å². The first kappa shape index (κ1) is 12.4. The molecule has 2 rings (SSSR count). The molecular weight excluding hydrogens is 255 g/mol. The Hall–Kier alpha value is -1.10. The molecule has 92 valence electrons. The van der Waals surface area contributed by atoms with Crippen molar-refractivity contribution >= 4 is 17.4 Å². The second-order valence-corrected chi connectivity index (χ2v) is 4.56. The molecule has 0 N–H and O–H groups in total. The van der Waals surface area contributed by atoms with Crippen molar-refractivity contribution in [2.24, 2.45) is 0 Å². The summed E-state index contributed by atoms with van der Waals surface area (Å²) in [4.78, 5) is 15.0. The molecule has 0 aromatic carbocycles. The van der Waals surface area contributed by atoms with Gasteiger partial charge in [0.15, 0.2) is 0 Å². The molecule has 0 radical (unpaired) electrons. The molecular formula is C11H9ClF3NO. The van der Waals surface area contributed by atoms with Crippen LogP contribution in [0.2, 0.25) is 5.15 Å². The van der Waals surface area contributed by atoms with Crippen molar-refractivity contribution in [3.8, 4) is 0 Å². The van der Waals surface area contributed by atoms with Crippen molar-refractivity contribution in [2.45, 2.75) is 31.4 Å². The quantitative estimate of drug-likeness (QED) is 0.766. The van der Waals surface area contributed by atoms with Crippen LogP contribution < -0.4 is 0 Å². The molecule has 0 spiro atoms. The zero-order valence-electron chi connectivity index (χ0n) is 8.94. The summed E-state index contributed by atoms with van der Waals surface area (Å²) in [5, 5.41) is -0.0225. The highest BCUT2D eigenvalue weighted by Gasteiger charge is 2.51. The highest BCUT2D eigenvalue weighted by molar-refractivity contribution is 6.30. The van der Waals surface area contributed by atoms with E-state index < -0.39 is 17.2 Å². The number of carbonyl (C=O) groups is 1. The highest BCUT2D eigenvalue weighted by Crippen LogP contribution is 2.51. The number of carbonyl (C=O) groups excluding carboxylic acids is 1. The number of aromatic nitrogens is 1. The van der Waals surface area contributed by atoms with Gasteiger partial charge in [0.2, 0.25) is 0 Å². The topological polar surface area (TPSA) is 30.0 Å². The van der Waals surface area contributed by atoms with Crippen molar-refractivity contribution < 1.29 is 18.0 Å². The molecule has 0 saturated heterocycles. The lowest BCUT2D eigenvalue weighted by atomic mass is 9.92. The van der Waals surface area contributed by atoms with Crippen molar-refractivity contribution in [3.05, 3.63) is 28.5 Å². The Bertz CT molecular complexity index is 480. The molecule has 17 heavy (non-hydrogen) atoms. The SMILES string of the molecule is CC(=O)C1(c2cc(C(F)(F)F)cnc2Cl)CC1. The summed E-state index contributed by atoms with van der Waals surface area (Å²) in [5.74, 6) is -0.166. The van der Waals surface area contributed by atoms with E-state index in [1.165, 1.54) is 6.92 Å². The number of rotatable bonds is 2. The van der Waals surface area contributed by atoms with Crippen LogP contribution in [0.15, 0.2) is 12.3 Å². The van der Waals surface area contributed by atoms with E-state index in [2.05, 4.69) is 4.98 Å². The van der Waals surface area contributed by atoms with Crippen LogP contribution in [0.5, 0.6) is 0 Å². The van der Waals surface area contributed by atoms with Crippen LogP contribution in [0.4, 0.5) is 13.2 Å². The fourth-order valence-electron chi connectivity index (χ4n) is 1.87. The van der Waals surface area contributed by atoms with E-state index >= 15 is 0 Å². The smallest absolute Gasteiger partial charge is 0.299 e. The minimum Gasteiger partial charge on any atom is -0.299 e. The van der Waals surface area contributed by atoms with Crippen LogP contribution in [0.3, 0.4) is 0 Å². The van der Waals surface area contributed by atoms with E-state index in [0.717, 1.165) is 6.07 Å². The minimum absolute atomic E-state index is 0.0225. The van der Waals surface area contributed by atoms with Gasteiger partial charge in [0, 0.05) is 11.8 Å². The maximum atomic E-state index is 12.5. The van der Waals surface area contributed by atoms with Crippen LogP contribution in [-0.2, 0) is 16.4 Å². The average molecular weight is 264 g/mol. The van der Waals surface area contributed by atoms with E-state index in [1.54, 1.807) is 0 Å². The van der Waals surface area contributed by atoms with Crippen LogP contribution in [-0.4, -0.2) is 10.8 Å².